The van der Waals surface area contributed by atoms with Crippen molar-refractivity contribution < 1.29 is 9.90 Å². The maximum Gasteiger partial charge on any atom is 0.307 e. The predicted octanol–water partition coefficient (Wildman–Crippen LogP) is 2.84. The van der Waals surface area contributed by atoms with Crippen molar-refractivity contribution in [2.75, 3.05) is 13.1 Å². The second-order valence-corrected chi connectivity index (χ2v) is 6.76. The van der Waals surface area contributed by atoms with E-state index < -0.39 is 5.97 Å². The second kappa shape index (κ2) is 5.50. The van der Waals surface area contributed by atoms with Gasteiger partial charge < -0.3 is 5.11 Å². The molecule has 20 heavy (non-hydrogen) atoms. The molecule has 0 aliphatic carbocycles. The first-order valence-corrected chi connectivity index (χ1v) is 7.73. The SMILES string of the molecule is CC1CC(C(=O)O)CN(Cc2nc3ccccc3s2)C1. The number of carboxylic acids is 1. The summed E-state index contributed by atoms with van der Waals surface area (Å²) in [5, 5.41) is 10.3. The van der Waals surface area contributed by atoms with E-state index >= 15 is 0 Å². The average Bonchev–Trinajstić information content (AvgIpc) is 2.79. The summed E-state index contributed by atoms with van der Waals surface area (Å²) in [7, 11) is 0. The van der Waals surface area contributed by atoms with Crippen LogP contribution >= 0.6 is 11.3 Å². The first kappa shape index (κ1) is 13.5. The number of thiazole rings is 1. The zero-order chi connectivity index (χ0) is 14.1. The van der Waals surface area contributed by atoms with Gasteiger partial charge in [0.2, 0.25) is 0 Å². The van der Waals surface area contributed by atoms with E-state index in [4.69, 9.17) is 0 Å². The third kappa shape index (κ3) is 2.83. The lowest BCUT2D eigenvalue weighted by Crippen LogP contribution is -2.41. The van der Waals surface area contributed by atoms with Gasteiger partial charge in [-0.1, -0.05) is 19.1 Å². The number of para-hydroxylation sites is 1. The number of aromatic nitrogens is 1. The van der Waals surface area contributed by atoms with Crippen LogP contribution in [-0.2, 0) is 11.3 Å². The van der Waals surface area contributed by atoms with Gasteiger partial charge in [0, 0.05) is 13.1 Å². The van der Waals surface area contributed by atoms with E-state index in [1.165, 1.54) is 4.70 Å². The Balaban J connectivity index is 1.74. The van der Waals surface area contributed by atoms with Crippen LogP contribution in [0, 0.1) is 11.8 Å². The summed E-state index contributed by atoms with van der Waals surface area (Å²) in [6.45, 7) is 4.48. The fourth-order valence-electron chi connectivity index (χ4n) is 2.95. The van der Waals surface area contributed by atoms with E-state index in [1.807, 2.05) is 18.2 Å². The third-order valence-electron chi connectivity index (χ3n) is 3.78. The van der Waals surface area contributed by atoms with Gasteiger partial charge in [0.05, 0.1) is 22.7 Å². The number of nitrogens with zero attached hydrogens (tertiary/aromatic N) is 2. The maximum absolute atomic E-state index is 11.2. The van der Waals surface area contributed by atoms with Crippen LogP contribution in [0.15, 0.2) is 24.3 Å². The predicted molar refractivity (Wildman–Crippen MR) is 79.8 cm³/mol. The lowest BCUT2D eigenvalue weighted by Gasteiger charge is -2.34. The summed E-state index contributed by atoms with van der Waals surface area (Å²) in [5.41, 5.74) is 1.03. The van der Waals surface area contributed by atoms with Crippen molar-refractivity contribution in [2.24, 2.45) is 11.8 Å². The van der Waals surface area contributed by atoms with Gasteiger partial charge in [-0.2, -0.15) is 0 Å². The molecule has 2 aromatic rings. The van der Waals surface area contributed by atoms with Crippen molar-refractivity contribution in [1.29, 1.82) is 0 Å². The third-order valence-corrected chi connectivity index (χ3v) is 4.80. The van der Waals surface area contributed by atoms with E-state index in [9.17, 15) is 9.90 Å². The van der Waals surface area contributed by atoms with Crippen molar-refractivity contribution in [1.82, 2.24) is 9.88 Å². The number of benzene rings is 1. The largest absolute Gasteiger partial charge is 0.481 e. The Bertz CT molecular complexity index is 592. The van der Waals surface area contributed by atoms with Gasteiger partial charge >= 0.3 is 5.97 Å². The van der Waals surface area contributed by atoms with Crippen LogP contribution < -0.4 is 0 Å². The van der Waals surface area contributed by atoms with Crippen molar-refractivity contribution >= 4 is 27.5 Å². The maximum atomic E-state index is 11.2. The molecule has 2 atom stereocenters. The number of carboxylic acid groups (broad SMARTS) is 1. The van der Waals surface area contributed by atoms with Crippen LogP contribution in [0.2, 0.25) is 0 Å². The molecule has 1 aromatic carbocycles. The van der Waals surface area contributed by atoms with Gasteiger partial charge in [-0.25, -0.2) is 4.98 Å². The quantitative estimate of drug-likeness (QED) is 0.944. The molecule has 0 radical (unpaired) electrons. The van der Waals surface area contributed by atoms with Crippen LogP contribution in [0.4, 0.5) is 0 Å². The molecule has 5 heteroatoms. The Hall–Kier alpha value is -1.46. The smallest absolute Gasteiger partial charge is 0.307 e. The van der Waals surface area contributed by atoms with Gasteiger partial charge in [-0.3, -0.25) is 9.69 Å². The standard InChI is InChI=1S/C15H18N2O2S/c1-10-6-11(15(18)19)8-17(7-10)9-14-16-12-4-2-3-5-13(12)20-14/h2-5,10-11H,6-9H2,1H3,(H,18,19). The molecule has 1 aromatic heterocycles. The number of aliphatic carboxylic acids is 1. The van der Waals surface area contributed by atoms with Crippen molar-refractivity contribution in [2.45, 2.75) is 19.9 Å². The molecule has 2 unspecified atom stereocenters. The molecule has 0 amide bonds. The number of rotatable bonds is 3. The number of hydrogen-bond acceptors (Lipinski definition) is 4. The van der Waals surface area contributed by atoms with Gasteiger partial charge in [0.25, 0.3) is 0 Å². The monoisotopic (exact) mass is 290 g/mol. The molecule has 1 saturated heterocycles. The van der Waals surface area contributed by atoms with Crippen molar-refractivity contribution in [3.63, 3.8) is 0 Å². The lowest BCUT2D eigenvalue weighted by molar-refractivity contribution is -0.144. The number of hydrogen-bond donors (Lipinski definition) is 1. The molecule has 106 valence electrons. The van der Waals surface area contributed by atoms with E-state index in [0.717, 1.165) is 30.0 Å². The van der Waals surface area contributed by atoms with Gasteiger partial charge in [0.1, 0.15) is 5.01 Å². The second-order valence-electron chi connectivity index (χ2n) is 5.65. The molecule has 1 fully saturated rings. The molecule has 4 nitrogen and oxygen atoms in total. The number of carbonyl (C=O) groups is 1. The van der Waals surface area contributed by atoms with Crippen molar-refractivity contribution in [3.8, 4) is 0 Å². The topological polar surface area (TPSA) is 53.4 Å². The molecule has 2 heterocycles. The number of likely N-dealkylation sites (tertiary alicyclic amines) is 1. The van der Waals surface area contributed by atoms with E-state index in [0.29, 0.717) is 12.5 Å². The van der Waals surface area contributed by atoms with Crippen LogP contribution in [0.25, 0.3) is 10.2 Å². The van der Waals surface area contributed by atoms with E-state index in [1.54, 1.807) is 11.3 Å². The zero-order valence-electron chi connectivity index (χ0n) is 11.5. The summed E-state index contributed by atoms with van der Waals surface area (Å²) in [6, 6.07) is 8.12. The minimum atomic E-state index is -0.675. The first-order valence-electron chi connectivity index (χ1n) is 6.91. The van der Waals surface area contributed by atoms with Crippen LogP contribution in [-0.4, -0.2) is 34.0 Å². The van der Waals surface area contributed by atoms with Crippen LogP contribution in [0.3, 0.4) is 0 Å². The molecule has 0 saturated carbocycles. The summed E-state index contributed by atoms with van der Waals surface area (Å²) in [4.78, 5) is 18.1. The normalized spacial score (nSPS) is 24.1. The minimum Gasteiger partial charge on any atom is -0.481 e. The molecule has 3 rings (SSSR count). The zero-order valence-corrected chi connectivity index (χ0v) is 12.3. The Morgan fingerprint density at radius 3 is 3.00 bits per heavy atom. The minimum absolute atomic E-state index is 0.242. The summed E-state index contributed by atoms with van der Waals surface area (Å²) < 4.78 is 1.20. The molecular weight excluding hydrogens is 272 g/mol. The van der Waals surface area contributed by atoms with E-state index in [2.05, 4.69) is 22.9 Å². The molecule has 1 aliphatic heterocycles. The van der Waals surface area contributed by atoms with Crippen LogP contribution in [0.5, 0.6) is 0 Å². The average molecular weight is 290 g/mol. The molecule has 1 aliphatic rings. The molecule has 1 N–H and O–H groups in total. The van der Waals surface area contributed by atoms with E-state index in [-0.39, 0.29) is 5.92 Å². The molecule has 0 bridgehead atoms. The van der Waals surface area contributed by atoms with Gasteiger partial charge in [-0.15, -0.1) is 11.3 Å². The Morgan fingerprint density at radius 2 is 2.25 bits per heavy atom. The first-order chi connectivity index (χ1) is 9.61. The van der Waals surface area contributed by atoms with Crippen molar-refractivity contribution in [3.05, 3.63) is 29.3 Å². The Labute approximate surface area is 122 Å². The Kier molecular flexibility index (Phi) is 3.72. The highest BCUT2D eigenvalue weighted by Crippen LogP contribution is 2.26. The fourth-order valence-corrected chi connectivity index (χ4v) is 3.96. The summed E-state index contributed by atoms with van der Waals surface area (Å²) >= 11 is 1.70. The highest BCUT2D eigenvalue weighted by molar-refractivity contribution is 7.18. The fraction of sp³-hybridized carbons (Fsp3) is 0.467. The van der Waals surface area contributed by atoms with Gasteiger partial charge in [-0.05, 0) is 24.5 Å². The van der Waals surface area contributed by atoms with Crippen LogP contribution in [0.1, 0.15) is 18.4 Å². The number of fused-ring (bicyclic) bond motifs is 1. The summed E-state index contributed by atoms with van der Waals surface area (Å²) in [5.74, 6) is -0.488. The lowest BCUT2D eigenvalue weighted by atomic mass is 9.90. The number of piperidine rings is 1. The van der Waals surface area contributed by atoms with Gasteiger partial charge in [0.15, 0.2) is 0 Å². The molecule has 0 spiro atoms. The Morgan fingerprint density at radius 1 is 1.45 bits per heavy atom. The molecular formula is C15H18N2O2S. The highest BCUT2D eigenvalue weighted by atomic mass is 32.1. The highest BCUT2D eigenvalue weighted by Gasteiger charge is 2.29. The summed E-state index contributed by atoms with van der Waals surface area (Å²) in [6.07, 6.45) is 0.783.